The molecule has 0 spiro atoms. The maximum Gasteiger partial charge on any atom is 0.354 e. The molecule has 1 unspecified atom stereocenters. The molecule has 0 amide bonds. The summed E-state index contributed by atoms with van der Waals surface area (Å²) in [5.74, 6) is -0.299. The van der Waals surface area contributed by atoms with Crippen molar-refractivity contribution in [2.45, 2.75) is 25.2 Å². The molecule has 1 aromatic heterocycles. The molecule has 4 rings (SSSR count). The van der Waals surface area contributed by atoms with Crippen LogP contribution in [0.1, 0.15) is 35.0 Å². The summed E-state index contributed by atoms with van der Waals surface area (Å²) in [5, 5.41) is 4.60. The molecule has 2 N–H and O–H groups in total. The number of fused-ring (bicyclic) bond motifs is 1. The second-order valence-corrected chi connectivity index (χ2v) is 7.07. The van der Waals surface area contributed by atoms with Gasteiger partial charge in [0.1, 0.15) is 5.69 Å². The number of carbonyl (C=O) groups is 1. The van der Waals surface area contributed by atoms with Gasteiger partial charge in [-0.1, -0.05) is 36.4 Å². The molecule has 1 atom stereocenters. The number of aromatic nitrogens is 1. The lowest BCUT2D eigenvalue weighted by atomic mass is 9.74. The molecule has 1 aliphatic heterocycles. The molecule has 1 aliphatic rings. The van der Waals surface area contributed by atoms with E-state index in [9.17, 15) is 4.79 Å². The first-order valence-electron chi connectivity index (χ1n) is 9.25. The SMILES string of the molecule is CCOC(=O)c1cc2cc(C3(Cc4ccccc4)CCNC3)ccc2[nH]1.Cl. The van der Waals surface area contributed by atoms with Gasteiger partial charge in [-0.05, 0) is 55.6 Å². The van der Waals surface area contributed by atoms with Crippen LogP contribution in [0.5, 0.6) is 0 Å². The molecule has 0 saturated carbocycles. The Morgan fingerprint density at radius 2 is 1.96 bits per heavy atom. The van der Waals surface area contributed by atoms with Crippen LogP contribution in [-0.2, 0) is 16.6 Å². The van der Waals surface area contributed by atoms with Crippen LogP contribution in [0.4, 0.5) is 0 Å². The van der Waals surface area contributed by atoms with Crippen LogP contribution in [0.15, 0.2) is 54.6 Å². The largest absolute Gasteiger partial charge is 0.461 e. The Hall–Kier alpha value is -2.30. The van der Waals surface area contributed by atoms with Gasteiger partial charge in [0.05, 0.1) is 6.61 Å². The second kappa shape index (κ2) is 8.15. The molecule has 2 aromatic carbocycles. The molecule has 1 fully saturated rings. The molecular formula is C22H25ClN2O2. The molecule has 3 aromatic rings. The third-order valence-corrected chi connectivity index (χ3v) is 5.36. The molecule has 2 heterocycles. The van der Waals surface area contributed by atoms with Crippen LogP contribution in [0.3, 0.4) is 0 Å². The molecule has 4 nitrogen and oxygen atoms in total. The maximum absolute atomic E-state index is 12.0. The molecule has 142 valence electrons. The predicted molar refractivity (Wildman–Crippen MR) is 111 cm³/mol. The minimum absolute atomic E-state index is 0. The van der Waals surface area contributed by atoms with E-state index in [1.54, 1.807) is 0 Å². The van der Waals surface area contributed by atoms with Crippen molar-refractivity contribution in [3.8, 4) is 0 Å². The van der Waals surface area contributed by atoms with Crippen LogP contribution >= 0.6 is 12.4 Å². The van der Waals surface area contributed by atoms with Gasteiger partial charge in [0.15, 0.2) is 0 Å². The first kappa shape index (κ1) is 19.5. The summed E-state index contributed by atoms with van der Waals surface area (Å²) >= 11 is 0. The molecule has 0 bridgehead atoms. The van der Waals surface area contributed by atoms with Gasteiger partial charge < -0.3 is 15.0 Å². The van der Waals surface area contributed by atoms with Crippen LogP contribution in [0, 0.1) is 0 Å². The Labute approximate surface area is 165 Å². The standard InChI is InChI=1S/C22H24N2O2.ClH/c1-2-26-21(25)20-13-17-12-18(8-9-19(17)24-20)22(10-11-23-15-22)14-16-6-4-3-5-7-16;/h3-9,12-13,23-24H,2,10-11,14-15H2,1H3;1H. The Morgan fingerprint density at radius 1 is 1.15 bits per heavy atom. The minimum atomic E-state index is -0.299. The summed E-state index contributed by atoms with van der Waals surface area (Å²) in [6, 6.07) is 19.1. The lowest BCUT2D eigenvalue weighted by Crippen LogP contribution is -2.31. The summed E-state index contributed by atoms with van der Waals surface area (Å²) in [5.41, 5.74) is 4.26. The fourth-order valence-corrected chi connectivity index (χ4v) is 4.01. The van der Waals surface area contributed by atoms with E-state index in [0.717, 1.165) is 36.8 Å². The normalized spacial score (nSPS) is 19.0. The fourth-order valence-electron chi connectivity index (χ4n) is 4.01. The van der Waals surface area contributed by atoms with E-state index >= 15 is 0 Å². The highest BCUT2D eigenvalue weighted by Gasteiger charge is 2.36. The Bertz CT molecular complexity index is 914. The van der Waals surface area contributed by atoms with Gasteiger partial charge in [-0.15, -0.1) is 12.4 Å². The van der Waals surface area contributed by atoms with Crippen molar-refractivity contribution in [1.82, 2.24) is 10.3 Å². The highest BCUT2D eigenvalue weighted by molar-refractivity contribution is 5.95. The topological polar surface area (TPSA) is 54.1 Å². The van der Waals surface area contributed by atoms with E-state index in [4.69, 9.17) is 4.74 Å². The average Bonchev–Trinajstić information content (AvgIpc) is 3.29. The van der Waals surface area contributed by atoms with Crippen molar-refractivity contribution in [2.24, 2.45) is 0 Å². The summed E-state index contributed by atoms with van der Waals surface area (Å²) in [4.78, 5) is 15.2. The number of H-pyrrole nitrogens is 1. The van der Waals surface area contributed by atoms with Crippen molar-refractivity contribution < 1.29 is 9.53 Å². The predicted octanol–water partition coefficient (Wildman–Crippen LogP) is 4.24. The number of halogens is 1. The van der Waals surface area contributed by atoms with Crippen LogP contribution < -0.4 is 5.32 Å². The smallest absolute Gasteiger partial charge is 0.354 e. The third kappa shape index (κ3) is 3.87. The van der Waals surface area contributed by atoms with E-state index in [2.05, 4.69) is 58.8 Å². The number of esters is 1. The van der Waals surface area contributed by atoms with Crippen molar-refractivity contribution >= 4 is 29.3 Å². The number of hydrogen-bond donors (Lipinski definition) is 2. The number of nitrogens with one attached hydrogen (secondary N) is 2. The van der Waals surface area contributed by atoms with Gasteiger partial charge in [0, 0.05) is 22.9 Å². The van der Waals surface area contributed by atoms with Gasteiger partial charge in [0.2, 0.25) is 0 Å². The van der Waals surface area contributed by atoms with Crippen molar-refractivity contribution in [3.05, 3.63) is 71.4 Å². The van der Waals surface area contributed by atoms with Gasteiger partial charge in [0.25, 0.3) is 0 Å². The number of ether oxygens (including phenoxy) is 1. The zero-order valence-corrected chi connectivity index (χ0v) is 16.3. The zero-order chi connectivity index (χ0) is 18.0. The van der Waals surface area contributed by atoms with Gasteiger partial charge in [-0.25, -0.2) is 4.79 Å². The van der Waals surface area contributed by atoms with Crippen molar-refractivity contribution in [3.63, 3.8) is 0 Å². The average molecular weight is 385 g/mol. The van der Waals surface area contributed by atoms with Crippen molar-refractivity contribution in [1.29, 1.82) is 0 Å². The van der Waals surface area contributed by atoms with Crippen molar-refractivity contribution in [2.75, 3.05) is 19.7 Å². The number of rotatable bonds is 5. The fraction of sp³-hybridized carbons (Fsp3) is 0.318. The first-order valence-corrected chi connectivity index (χ1v) is 9.25. The van der Waals surface area contributed by atoms with E-state index in [1.807, 2.05) is 13.0 Å². The minimum Gasteiger partial charge on any atom is -0.461 e. The quantitative estimate of drug-likeness (QED) is 0.647. The Balaban J connectivity index is 0.00000210. The highest BCUT2D eigenvalue weighted by Crippen LogP contribution is 2.36. The van der Waals surface area contributed by atoms with Crippen LogP contribution in [-0.4, -0.2) is 30.6 Å². The monoisotopic (exact) mass is 384 g/mol. The van der Waals surface area contributed by atoms with E-state index in [0.29, 0.717) is 12.3 Å². The van der Waals surface area contributed by atoms with Gasteiger partial charge in [-0.2, -0.15) is 0 Å². The van der Waals surface area contributed by atoms with E-state index in [-0.39, 0.29) is 23.8 Å². The Morgan fingerprint density at radius 3 is 2.67 bits per heavy atom. The van der Waals surface area contributed by atoms with Crippen LogP contribution in [0.2, 0.25) is 0 Å². The maximum atomic E-state index is 12.0. The molecule has 0 aliphatic carbocycles. The van der Waals surface area contributed by atoms with E-state index < -0.39 is 0 Å². The summed E-state index contributed by atoms with van der Waals surface area (Å²) in [6.07, 6.45) is 2.13. The molecule has 0 radical (unpaired) electrons. The molecular weight excluding hydrogens is 360 g/mol. The van der Waals surface area contributed by atoms with Gasteiger partial charge in [-0.3, -0.25) is 0 Å². The molecule has 1 saturated heterocycles. The third-order valence-electron chi connectivity index (χ3n) is 5.36. The zero-order valence-electron chi connectivity index (χ0n) is 15.5. The van der Waals surface area contributed by atoms with Crippen LogP contribution in [0.25, 0.3) is 10.9 Å². The molecule has 27 heavy (non-hydrogen) atoms. The number of aromatic amines is 1. The molecule has 5 heteroatoms. The lowest BCUT2D eigenvalue weighted by Gasteiger charge is -2.29. The summed E-state index contributed by atoms with van der Waals surface area (Å²) in [7, 11) is 0. The highest BCUT2D eigenvalue weighted by atomic mass is 35.5. The number of benzene rings is 2. The number of hydrogen-bond acceptors (Lipinski definition) is 3. The Kier molecular flexibility index (Phi) is 5.88. The second-order valence-electron chi connectivity index (χ2n) is 7.07. The summed E-state index contributed by atoms with van der Waals surface area (Å²) < 4.78 is 5.11. The first-order chi connectivity index (χ1) is 12.7. The van der Waals surface area contributed by atoms with Gasteiger partial charge >= 0.3 is 5.97 Å². The lowest BCUT2D eigenvalue weighted by molar-refractivity contribution is 0.0520. The van der Waals surface area contributed by atoms with E-state index in [1.165, 1.54) is 11.1 Å². The number of carbonyl (C=O) groups excluding carboxylic acids is 1. The summed E-state index contributed by atoms with van der Waals surface area (Å²) in [6.45, 7) is 4.21.